The molecule has 3 aromatic rings. The second kappa shape index (κ2) is 7.74. The summed E-state index contributed by atoms with van der Waals surface area (Å²) in [6, 6.07) is 6.49. The van der Waals surface area contributed by atoms with Crippen LogP contribution in [0.5, 0.6) is 5.75 Å². The van der Waals surface area contributed by atoms with E-state index >= 15 is 0 Å². The predicted octanol–water partition coefficient (Wildman–Crippen LogP) is 3.55. The van der Waals surface area contributed by atoms with Gasteiger partial charge in [0, 0.05) is 25.2 Å². The van der Waals surface area contributed by atoms with E-state index in [0.29, 0.717) is 4.88 Å². The molecule has 0 aliphatic carbocycles. The second-order valence-electron chi connectivity index (χ2n) is 6.32. The van der Waals surface area contributed by atoms with E-state index in [-0.39, 0.29) is 18.1 Å². The fraction of sp³-hybridized carbons (Fsp3) is 0.278. The molecule has 3 rings (SSSR count). The van der Waals surface area contributed by atoms with Crippen LogP contribution < -0.4 is 10.1 Å². The number of ether oxygens (including phenoxy) is 1. The maximum atomic E-state index is 12.6. The van der Waals surface area contributed by atoms with Crippen molar-refractivity contribution in [2.45, 2.75) is 13.3 Å². The van der Waals surface area contributed by atoms with Crippen molar-refractivity contribution in [2.75, 3.05) is 18.9 Å². The summed E-state index contributed by atoms with van der Waals surface area (Å²) in [5.74, 6) is -1.18. The van der Waals surface area contributed by atoms with Crippen molar-refractivity contribution >= 4 is 39.1 Å². The summed E-state index contributed by atoms with van der Waals surface area (Å²) >= 11 is 1.29. The Morgan fingerprint density at radius 2 is 1.93 bits per heavy atom. The van der Waals surface area contributed by atoms with E-state index < -0.39 is 18.0 Å². The predicted molar refractivity (Wildman–Crippen MR) is 102 cm³/mol. The van der Waals surface area contributed by atoms with Gasteiger partial charge in [0.25, 0.3) is 5.91 Å². The lowest BCUT2D eigenvalue weighted by atomic mass is 10.3. The molecule has 0 saturated heterocycles. The second-order valence-corrected chi connectivity index (χ2v) is 7.35. The Kier molecular flexibility index (Phi) is 5.51. The standard InChI is InChI=1S/C18H17F3N4O3S/c1-10-13-8-14(29-17(13)25(3)23-10)16(27)24(2)9-15(26)22-11-4-6-12(7-5-11)28-18(19,20)21/h4-8H,9H2,1-3H3,(H,22,26). The van der Waals surface area contributed by atoms with Gasteiger partial charge in [-0.2, -0.15) is 5.10 Å². The van der Waals surface area contributed by atoms with Crippen molar-refractivity contribution in [3.63, 3.8) is 0 Å². The number of alkyl halides is 3. The molecule has 0 unspecified atom stereocenters. The van der Waals surface area contributed by atoms with Gasteiger partial charge >= 0.3 is 6.36 Å². The molecule has 0 atom stereocenters. The number of likely N-dealkylation sites (N-methyl/N-ethyl adjacent to an activating group) is 1. The van der Waals surface area contributed by atoms with E-state index in [1.54, 1.807) is 17.8 Å². The number of anilines is 1. The minimum absolute atomic E-state index is 0.217. The molecule has 2 heterocycles. The maximum Gasteiger partial charge on any atom is 0.573 e. The number of hydrogen-bond acceptors (Lipinski definition) is 5. The van der Waals surface area contributed by atoms with Crippen LogP contribution in [-0.4, -0.2) is 46.4 Å². The number of amides is 2. The SMILES string of the molecule is Cc1nn(C)c2sc(C(=O)N(C)CC(=O)Nc3ccc(OC(F)(F)F)cc3)cc12. The number of halogens is 3. The number of carbonyl (C=O) groups is 2. The van der Waals surface area contributed by atoms with Crippen molar-refractivity contribution in [3.05, 3.63) is 40.9 Å². The molecule has 154 valence electrons. The first-order valence-corrected chi connectivity index (χ1v) is 9.19. The van der Waals surface area contributed by atoms with Crippen molar-refractivity contribution in [1.82, 2.24) is 14.7 Å². The third-order valence-electron chi connectivity index (χ3n) is 4.01. The van der Waals surface area contributed by atoms with E-state index in [0.717, 1.165) is 28.0 Å². The number of aromatic nitrogens is 2. The molecule has 0 bridgehead atoms. The Morgan fingerprint density at radius 1 is 1.28 bits per heavy atom. The lowest BCUT2D eigenvalue weighted by Gasteiger charge is -2.16. The molecule has 1 aromatic carbocycles. The molecule has 7 nitrogen and oxygen atoms in total. The smallest absolute Gasteiger partial charge is 0.406 e. The maximum absolute atomic E-state index is 12.6. The summed E-state index contributed by atoms with van der Waals surface area (Å²) in [5, 5.41) is 7.70. The van der Waals surface area contributed by atoms with Crippen molar-refractivity contribution in [3.8, 4) is 5.75 Å². The van der Waals surface area contributed by atoms with Crippen LogP contribution in [0.1, 0.15) is 15.4 Å². The number of hydrogen-bond donors (Lipinski definition) is 1. The summed E-state index contributed by atoms with van der Waals surface area (Å²) < 4.78 is 42.0. The van der Waals surface area contributed by atoms with Crippen LogP contribution in [0.25, 0.3) is 10.2 Å². The Bertz CT molecular complexity index is 1020. The molecule has 1 N–H and O–H groups in total. The number of aryl methyl sites for hydroxylation is 2. The summed E-state index contributed by atoms with van der Waals surface area (Å²) in [6.07, 6.45) is -4.78. The van der Waals surface area contributed by atoms with Gasteiger partial charge in [0.15, 0.2) is 0 Å². The van der Waals surface area contributed by atoms with Crippen molar-refractivity contribution in [1.29, 1.82) is 0 Å². The molecule has 2 amide bonds. The van der Waals surface area contributed by atoms with Gasteiger partial charge in [-0.05, 0) is 37.3 Å². The van der Waals surface area contributed by atoms with E-state index in [4.69, 9.17) is 0 Å². The van der Waals surface area contributed by atoms with Gasteiger partial charge in [-0.1, -0.05) is 0 Å². The molecule has 0 aliphatic heterocycles. The van der Waals surface area contributed by atoms with E-state index in [2.05, 4.69) is 15.2 Å². The fourth-order valence-electron chi connectivity index (χ4n) is 2.73. The zero-order chi connectivity index (χ0) is 21.3. The normalized spacial score (nSPS) is 11.5. The average molecular weight is 426 g/mol. The van der Waals surface area contributed by atoms with Crippen LogP contribution >= 0.6 is 11.3 Å². The van der Waals surface area contributed by atoms with E-state index in [1.807, 2.05) is 6.92 Å². The number of nitrogens with one attached hydrogen (secondary N) is 1. The number of carbonyl (C=O) groups excluding carboxylic acids is 2. The first kappa shape index (κ1) is 20.6. The van der Waals surface area contributed by atoms with Crippen LogP contribution in [-0.2, 0) is 11.8 Å². The van der Waals surface area contributed by atoms with Gasteiger partial charge < -0.3 is 15.0 Å². The quantitative estimate of drug-likeness (QED) is 0.677. The van der Waals surface area contributed by atoms with Crippen LogP contribution in [0.2, 0.25) is 0 Å². The molecule has 0 fully saturated rings. The molecule has 0 radical (unpaired) electrons. The molecule has 0 aliphatic rings. The number of rotatable bonds is 5. The Balaban J connectivity index is 1.60. The van der Waals surface area contributed by atoms with Gasteiger partial charge in [-0.25, -0.2) is 0 Å². The van der Waals surface area contributed by atoms with Gasteiger partial charge in [0.2, 0.25) is 5.91 Å². The molecular formula is C18H17F3N4O3S. The number of thiophene rings is 1. The molecule has 29 heavy (non-hydrogen) atoms. The molecular weight excluding hydrogens is 409 g/mol. The van der Waals surface area contributed by atoms with Crippen LogP contribution in [0.3, 0.4) is 0 Å². The van der Waals surface area contributed by atoms with Crippen LogP contribution in [0, 0.1) is 6.92 Å². The summed E-state index contributed by atoms with van der Waals surface area (Å²) in [7, 11) is 3.29. The highest BCUT2D eigenvalue weighted by molar-refractivity contribution is 7.20. The Hall–Kier alpha value is -3.08. The van der Waals surface area contributed by atoms with Crippen molar-refractivity contribution < 1.29 is 27.5 Å². The first-order valence-electron chi connectivity index (χ1n) is 8.38. The molecule has 0 saturated carbocycles. The fourth-order valence-corrected chi connectivity index (χ4v) is 3.84. The topological polar surface area (TPSA) is 76.5 Å². The summed E-state index contributed by atoms with van der Waals surface area (Å²) in [5.41, 5.74) is 1.10. The largest absolute Gasteiger partial charge is 0.573 e. The monoisotopic (exact) mass is 426 g/mol. The number of benzene rings is 1. The minimum Gasteiger partial charge on any atom is -0.406 e. The first-order chi connectivity index (χ1) is 13.5. The number of nitrogens with zero attached hydrogens (tertiary/aromatic N) is 3. The number of fused-ring (bicyclic) bond motifs is 1. The average Bonchev–Trinajstić information content (AvgIpc) is 3.16. The lowest BCUT2D eigenvalue weighted by molar-refractivity contribution is -0.274. The third kappa shape index (κ3) is 4.86. The Morgan fingerprint density at radius 3 is 2.52 bits per heavy atom. The lowest BCUT2D eigenvalue weighted by Crippen LogP contribution is -2.34. The highest BCUT2D eigenvalue weighted by Crippen LogP contribution is 2.28. The van der Waals surface area contributed by atoms with Crippen molar-refractivity contribution in [2.24, 2.45) is 7.05 Å². The van der Waals surface area contributed by atoms with Gasteiger partial charge in [-0.15, -0.1) is 24.5 Å². The van der Waals surface area contributed by atoms with E-state index in [1.165, 1.54) is 35.4 Å². The van der Waals surface area contributed by atoms with Gasteiger partial charge in [-0.3, -0.25) is 14.3 Å². The minimum atomic E-state index is -4.78. The van der Waals surface area contributed by atoms with Gasteiger partial charge in [0.05, 0.1) is 17.1 Å². The molecule has 0 spiro atoms. The zero-order valence-electron chi connectivity index (χ0n) is 15.7. The highest BCUT2D eigenvalue weighted by Gasteiger charge is 2.31. The third-order valence-corrected chi connectivity index (χ3v) is 5.20. The highest BCUT2D eigenvalue weighted by atomic mass is 32.1. The molecule has 2 aromatic heterocycles. The van der Waals surface area contributed by atoms with E-state index in [9.17, 15) is 22.8 Å². The zero-order valence-corrected chi connectivity index (χ0v) is 16.5. The molecule has 11 heteroatoms. The summed E-state index contributed by atoms with van der Waals surface area (Å²) in [4.78, 5) is 27.4. The van der Waals surface area contributed by atoms with Gasteiger partial charge in [0.1, 0.15) is 10.6 Å². The van der Waals surface area contributed by atoms with Crippen LogP contribution in [0.4, 0.5) is 18.9 Å². The summed E-state index contributed by atoms with van der Waals surface area (Å²) in [6.45, 7) is 1.64. The Labute approximate surface area is 167 Å². The van der Waals surface area contributed by atoms with Crippen LogP contribution in [0.15, 0.2) is 30.3 Å².